The Hall–Kier alpha value is -1.69. The van der Waals surface area contributed by atoms with E-state index in [1.165, 1.54) is 11.9 Å². The molecule has 0 unspecified atom stereocenters. The zero-order chi connectivity index (χ0) is 13.8. The summed E-state index contributed by atoms with van der Waals surface area (Å²) < 4.78 is 5.08. The number of nitrogens with one attached hydrogen (secondary N) is 1. The highest BCUT2D eigenvalue weighted by Gasteiger charge is 2.36. The van der Waals surface area contributed by atoms with Crippen LogP contribution in [0, 0.1) is 0 Å². The molecule has 2 bridgehead atoms. The van der Waals surface area contributed by atoms with Crippen LogP contribution >= 0.6 is 11.8 Å². The van der Waals surface area contributed by atoms with Gasteiger partial charge in [0.2, 0.25) is 11.8 Å². The highest BCUT2D eigenvalue weighted by Crippen LogP contribution is 2.26. The topological polar surface area (TPSA) is 62.6 Å². The van der Waals surface area contributed by atoms with Crippen molar-refractivity contribution in [3.05, 3.63) is 24.3 Å². The minimum atomic E-state index is -0.190. The summed E-state index contributed by atoms with van der Waals surface area (Å²) in [5, 5.41) is 1.54. The van der Waals surface area contributed by atoms with Crippen molar-refractivity contribution in [3.8, 4) is 0 Å². The number of amides is 2. The van der Waals surface area contributed by atoms with Crippen molar-refractivity contribution < 1.29 is 14.0 Å². The lowest BCUT2D eigenvalue weighted by molar-refractivity contribution is -0.151. The summed E-state index contributed by atoms with van der Waals surface area (Å²) in [6.45, 7) is 3.43. The van der Waals surface area contributed by atoms with Crippen molar-refractivity contribution in [1.82, 2.24) is 10.4 Å². The summed E-state index contributed by atoms with van der Waals surface area (Å²) >= 11 is 1.66. The van der Waals surface area contributed by atoms with Gasteiger partial charge in [0, 0.05) is 6.92 Å². The van der Waals surface area contributed by atoms with Gasteiger partial charge in [-0.2, -0.15) is 0 Å². The maximum absolute atomic E-state index is 10.9. The molecule has 0 saturated carbocycles. The van der Waals surface area contributed by atoms with Gasteiger partial charge >= 0.3 is 0 Å². The second kappa shape index (κ2) is 5.97. The average Bonchev–Trinajstić information content (AvgIpc) is 3.01. The van der Waals surface area contributed by atoms with Crippen molar-refractivity contribution in [2.75, 3.05) is 5.75 Å². The molecule has 1 saturated heterocycles. The molecule has 0 aromatic carbocycles. The Morgan fingerprint density at radius 3 is 2.32 bits per heavy atom. The third kappa shape index (κ3) is 3.41. The second-order valence-electron chi connectivity index (χ2n) is 4.12. The Morgan fingerprint density at radius 1 is 1.42 bits per heavy atom. The molecule has 0 aliphatic carbocycles. The van der Waals surface area contributed by atoms with Gasteiger partial charge in [-0.05, 0) is 30.0 Å². The number of hydrogen-bond donors (Lipinski definition) is 1. The van der Waals surface area contributed by atoms with Gasteiger partial charge in [-0.1, -0.05) is 6.92 Å². The molecule has 1 N–H and O–H groups in total. The average molecular weight is 280 g/mol. The first-order valence-corrected chi connectivity index (χ1v) is 7.14. The monoisotopic (exact) mass is 280 g/mol. The molecule has 1 atom stereocenters. The molecular weight excluding hydrogens is 264 g/mol. The molecule has 2 aromatic heterocycles. The largest absolute Gasteiger partial charge is 0.457 e. The van der Waals surface area contributed by atoms with Gasteiger partial charge in [-0.25, -0.2) is 5.01 Å². The van der Waals surface area contributed by atoms with Crippen molar-refractivity contribution in [2.45, 2.75) is 25.6 Å². The van der Waals surface area contributed by atoms with Crippen LogP contribution in [0.1, 0.15) is 20.3 Å². The Labute approximate surface area is 115 Å². The van der Waals surface area contributed by atoms with Crippen molar-refractivity contribution in [3.63, 3.8) is 0 Å². The lowest BCUT2D eigenvalue weighted by atomic mass is 10.2. The predicted octanol–water partition coefficient (Wildman–Crippen LogP) is 2.22. The number of furan rings is 2. The standard InChI is InChI=1S/C7H12N2O2S.C6H4O/c1-3-12-7-4-6(11)9(7)8-5(2)10;1-2-6-4-3-5(1)7-6/h7H,3-4H2,1-2H3,(H,8,10);1-4H/t7-;/m0./s1. The molecule has 6 heteroatoms. The van der Waals surface area contributed by atoms with E-state index in [1.807, 2.05) is 31.2 Å². The minimum Gasteiger partial charge on any atom is -0.457 e. The maximum Gasteiger partial charge on any atom is 0.245 e. The summed E-state index contributed by atoms with van der Waals surface area (Å²) in [5.41, 5.74) is 4.42. The molecule has 19 heavy (non-hydrogen) atoms. The fourth-order valence-corrected chi connectivity index (χ4v) is 2.69. The normalized spacial score (nSPS) is 17.9. The molecule has 3 heterocycles. The number of nitrogens with zero attached hydrogens (tertiary/aromatic N) is 1. The molecule has 0 spiro atoms. The van der Waals surface area contributed by atoms with Crippen molar-refractivity contribution in [1.29, 1.82) is 0 Å². The Morgan fingerprint density at radius 2 is 2.00 bits per heavy atom. The van der Waals surface area contributed by atoms with Crippen molar-refractivity contribution >= 4 is 34.7 Å². The van der Waals surface area contributed by atoms with E-state index in [4.69, 9.17) is 4.42 Å². The summed E-state index contributed by atoms with van der Waals surface area (Å²) in [7, 11) is 0. The van der Waals surface area contributed by atoms with E-state index in [0.717, 1.165) is 16.9 Å². The zero-order valence-corrected chi connectivity index (χ0v) is 11.7. The van der Waals surface area contributed by atoms with E-state index in [1.54, 1.807) is 11.8 Å². The second-order valence-corrected chi connectivity index (χ2v) is 5.57. The molecule has 5 nitrogen and oxygen atoms in total. The van der Waals surface area contributed by atoms with Crippen molar-refractivity contribution in [2.24, 2.45) is 0 Å². The number of fused-ring (bicyclic) bond motifs is 2. The summed E-state index contributed by atoms with van der Waals surface area (Å²) in [5.74, 6) is 0.759. The highest BCUT2D eigenvalue weighted by atomic mass is 32.2. The predicted molar refractivity (Wildman–Crippen MR) is 74.6 cm³/mol. The fraction of sp³-hybridized carbons (Fsp3) is 0.385. The lowest BCUT2D eigenvalue weighted by Gasteiger charge is -2.38. The van der Waals surface area contributed by atoms with Crippen LogP contribution in [0.3, 0.4) is 0 Å². The van der Waals surface area contributed by atoms with E-state index in [2.05, 4.69) is 5.43 Å². The molecule has 2 amide bonds. The number of benzene rings is 1. The van der Waals surface area contributed by atoms with E-state index < -0.39 is 0 Å². The Kier molecular flexibility index (Phi) is 4.31. The summed E-state index contributed by atoms with van der Waals surface area (Å²) in [4.78, 5) is 21.6. The van der Waals surface area contributed by atoms with Crippen LogP contribution in [0.4, 0.5) is 0 Å². The number of thioether (sulfide) groups is 1. The first-order valence-electron chi connectivity index (χ1n) is 6.09. The van der Waals surface area contributed by atoms with Crippen LogP contribution in [-0.4, -0.2) is 27.9 Å². The smallest absolute Gasteiger partial charge is 0.245 e. The molecule has 2 aromatic rings. The van der Waals surface area contributed by atoms with Gasteiger partial charge in [0.1, 0.15) is 16.5 Å². The molecule has 0 radical (unpaired) electrons. The summed E-state index contributed by atoms with van der Waals surface area (Å²) in [6.07, 6.45) is 0.540. The first-order chi connectivity index (χ1) is 9.10. The van der Waals surface area contributed by atoms with E-state index in [0.29, 0.717) is 6.42 Å². The number of carbonyl (C=O) groups is 2. The van der Waals surface area contributed by atoms with Crippen LogP contribution in [0.15, 0.2) is 28.7 Å². The first kappa shape index (κ1) is 13.7. The number of hydrogen-bond acceptors (Lipinski definition) is 4. The number of hydrazine groups is 1. The van der Waals surface area contributed by atoms with Gasteiger partial charge in [0.15, 0.2) is 0 Å². The molecular formula is C13H16N2O3S. The Balaban J connectivity index is 0.000000159. The Bertz CT molecular complexity index is 509. The maximum atomic E-state index is 10.9. The van der Waals surface area contributed by atoms with Crippen LogP contribution in [0.5, 0.6) is 0 Å². The van der Waals surface area contributed by atoms with Gasteiger partial charge in [0.25, 0.3) is 0 Å². The van der Waals surface area contributed by atoms with Crippen LogP contribution in [-0.2, 0) is 9.59 Å². The number of rotatable bonds is 3. The summed E-state index contributed by atoms with van der Waals surface area (Å²) in [6, 6.07) is 7.81. The molecule has 1 aliphatic rings. The lowest BCUT2D eigenvalue weighted by Crippen LogP contribution is -2.59. The highest BCUT2D eigenvalue weighted by molar-refractivity contribution is 7.99. The molecule has 1 fully saturated rings. The zero-order valence-electron chi connectivity index (χ0n) is 10.9. The SMILES string of the molecule is CCS[C@H]1CC(=O)N1NC(C)=O.c1cc2ccc1o2. The molecule has 3 rings (SSSR count). The van der Waals surface area contributed by atoms with E-state index >= 15 is 0 Å². The van der Waals surface area contributed by atoms with Crippen LogP contribution in [0.25, 0.3) is 11.2 Å². The molecule has 1 aliphatic heterocycles. The fourth-order valence-electron chi connectivity index (χ4n) is 1.73. The van der Waals surface area contributed by atoms with E-state index in [-0.39, 0.29) is 17.2 Å². The molecule has 102 valence electrons. The van der Waals surface area contributed by atoms with Gasteiger partial charge in [0.05, 0.1) is 6.42 Å². The third-order valence-electron chi connectivity index (χ3n) is 2.60. The van der Waals surface area contributed by atoms with Crippen LogP contribution < -0.4 is 5.43 Å². The van der Waals surface area contributed by atoms with Gasteiger partial charge in [-0.3, -0.25) is 15.0 Å². The number of β-lactam (4-membered cyclic amide) rings is 1. The van der Waals surface area contributed by atoms with Gasteiger partial charge < -0.3 is 4.42 Å². The van der Waals surface area contributed by atoms with Crippen LogP contribution in [0.2, 0.25) is 0 Å². The number of carbonyl (C=O) groups excluding carboxylic acids is 2. The van der Waals surface area contributed by atoms with E-state index in [9.17, 15) is 9.59 Å². The third-order valence-corrected chi connectivity index (χ3v) is 3.70. The minimum absolute atomic E-state index is 0.00356. The van der Waals surface area contributed by atoms with Gasteiger partial charge in [-0.15, -0.1) is 11.8 Å². The quantitative estimate of drug-likeness (QED) is 0.876.